The molecule has 146 valence electrons. The van der Waals surface area contributed by atoms with E-state index >= 15 is 0 Å². The third kappa shape index (κ3) is 3.31. The Morgan fingerprint density at radius 2 is 1.93 bits per heavy atom. The quantitative estimate of drug-likeness (QED) is 0.465. The van der Waals surface area contributed by atoms with Gasteiger partial charge in [-0.3, -0.25) is 9.67 Å². The van der Waals surface area contributed by atoms with Crippen molar-refractivity contribution in [3.8, 4) is 23.1 Å². The van der Waals surface area contributed by atoms with Crippen molar-refractivity contribution < 1.29 is 4.74 Å². The molecule has 0 aliphatic carbocycles. The molecule has 0 saturated heterocycles. The van der Waals surface area contributed by atoms with Crippen LogP contribution >= 0.6 is 0 Å². The second kappa shape index (κ2) is 7.56. The van der Waals surface area contributed by atoms with Gasteiger partial charge in [0, 0.05) is 28.9 Å². The van der Waals surface area contributed by atoms with Gasteiger partial charge < -0.3 is 4.74 Å². The van der Waals surface area contributed by atoms with Crippen LogP contribution in [0, 0.1) is 17.2 Å². The number of nitriles is 1. The first-order valence-electron chi connectivity index (χ1n) is 9.92. The van der Waals surface area contributed by atoms with Gasteiger partial charge in [0.2, 0.25) is 0 Å². The second-order valence-electron chi connectivity index (χ2n) is 7.67. The lowest BCUT2D eigenvalue weighted by Crippen LogP contribution is -2.06. The predicted molar refractivity (Wildman–Crippen MR) is 116 cm³/mol. The van der Waals surface area contributed by atoms with E-state index < -0.39 is 0 Å². The first kappa shape index (κ1) is 18.9. The van der Waals surface area contributed by atoms with Gasteiger partial charge in [0.1, 0.15) is 11.4 Å². The molecule has 0 N–H and O–H groups in total. The summed E-state index contributed by atoms with van der Waals surface area (Å²) in [5.74, 6) is 1.33. The van der Waals surface area contributed by atoms with Crippen LogP contribution in [-0.4, -0.2) is 21.9 Å². The third-order valence-corrected chi connectivity index (χ3v) is 5.19. The van der Waals surface area contributed by atoms with E-state index in [2.05, 4.69) is 37.6 Å². The van der Waals surface area contributed by atoms with Gasteiger partial charge in [-0.05, 0) is 36.1 Å². The summed E-state index contributed by atoms with van der Waals surface area (Å²) in [6, 6.07) is 14.0. The number of hydrogen-bond acceptors (Lipinski definition) is 4. The zero-order valence-electron chi connectivity index (χ0n) is 17.2. The van der Waals surface area contributed by atoms with Crippen molar-refractivity contribution in [3.05, 3.63) is 53.7 Å². The minimum Gasteiger partial charge on any atom is -0.496 e. The summed E-state index contributed by atoms with van der Waals surface area (Å²) in [4.78, 5) is 4.71. The van der Waals surface area contributed by atoms with Crippen LogP contribution in [0.5, 0.6) is 5.75 Å². The Kier molecular flexibility index (Phi) is 4.94. The number of methoxy groups -OCH3 is 1. The van der Waals surface area contributed by atoms with E-state index in [4.69, 9.17) is 20.1 Å². The maximum absolute atomic E-state index is 9.13. The molecule has 5 heteroatoms. The molecule has 29 heavy (non-hydrogen) atoms. The molecule has 0 unspecified atom stereocenters. The van der Waals surface area contributed by atoms with Gasteiger partial charge in [-0.2, -0.15) is 10.4 Å². The average molecular weight is 384 g/mol. The molecule has 2 heterocycles. The number of pyridine rings is 1. The largest absolute Gasteiger partial charge is 0.496 e. The molecule has 0 aliphatic heterocycles. The fourth-order valence-electron chi connectivity index (χ4n) is 3.78. The van der Waals surface area contributed by atoms with Crippen LogP contribution in [0.3, 0.4) is 0 Å². The van der Waals surface area contributed by atoms with Crippen LogP contribution in [0.4, 0.5) is 0 Å². The van der Waals surface area contributed by atoms with Crippen molar-refractivity contribution in [2.75, 3.05) is 7.11 Å². The molecule has 0 saturated carbocycles. The molecule has 0 bridgehead atoms. The van der Waals surface area contributed by atoms with Crippen LogP contribution in [0.1, 0.15) is 31.9 Å². The van der Waals surface area contributed by atoms with Crippen molar-refractivity contribution in [2.24, 2.45) is 5.92 Å². The Morgan fingerprint density at radius 1 is 1.17 bits per heavy atom. The minimum atomic E-state index is 0.463. The van der Waals surface area contributed by atoms with Crippen LogP contribution in [0.15, 0.2) is 42.6 Å². The van der Waals surface area contributed by atoms with E-state index in [1.165, 1.54) is 0 Å². The molecule has 4 aromatic rings. The third-order valence-electron chi connectivity index (χ3n) is 5.19. The zero-order chi connectivity index (χ0) is 20.5. The summed E-state index contributed by atoms with van der Waals surface area (Å²) in [6.45, 7) is 7.31. The minimum absolute atomic E-state index is 0.463. The Morgan fingerprint density at radius 3 is 2.55 bits per heavy atom. The monoisotopic (exact) mass is 384 g/mol. The van der Waals surface area contributed by atoms with Crippen molar-refractivity contribution >= 4 is 21.8 Å². The predicted octanol–water partition coefficient (Wildman–Crippen LogP) is 5.35. The van der Waals surface area contributed by atoms with Gasteiger partial charge in [-0.15, -0.1) is 0 Å². The molecule has 2 aromatic carbocycles. The van der Waals surface area contributed by atoms with E-state index in [9.17, 15) is 0 Å². The van der Waals surface area contributed by atoms with E-state index in [0.717, 1.165) is 57.3 Å². The van der Waals surface area contributed by atoms with Gasteiger partial charge in [0.25, 0.3) is 0 Å². The Labute approximate surface area is 170 Å². The highest BCUT2D eigenvalue weighted by atomic mass is 16.5. The van der Waals surface area contributed by atoms with Crippen molar-refractivity contribution in [3.63, 3.8) is 0 Å². The Balaban J connectivity index is 2.06. The van der Waals surface area contributed by atoms with E-state index in [1.54, 1.807) is 7.11 Å². The number of nitrogens with zero attached hydrogens (tertiary/aromatic N) is 4. The maximum Gasteiger partial charge on any atom is 0.124 e. The highest BCUT2D eigenvalue weighted by Gasteiger charge is 2.18. The van der Waals surface area contributed by atoms with Crippen LogP contribution in [-0.2, 0) is 13.0 Å². The smallest absolute Gasteiger partial charge is 0.124 e. The van der Waals surface area contributed by atoms with Crippen molar-refractivity contribution in [1.82, 2.24) is 14.8 Å². The lowest BCUT2D eigenvalue weighted by atomic mass is 10.0. The molecule has 0 radical (unpaired) electrons. The van der Waals surface area contributed by atoms with E-state index in [0.29, 0.717) is 11.5 Å². The number of aromatic nitrogens is 3. The van der Waals surface area contributed by atoms with Crippen LogP contribution in [0.2, 0.25) is 0 Å². The molecule has 0 spiro atoms. The topological polar surface area (TPSA) is 63.7 Å². The number of fused-ring (bicyclic) bond motifs is 3. The van der Waals surface area contributed by atoms with Crippen molar-refractivity contribution in [1.29, 1.82) is 5.26 Å². The molecular weight excluding hydrogens is 360 g/mol. The number of ether oxygens (including phenoxy) is 1. The molecule has 5 nitrogen and oxygen atoms in total. The molecule has 0 aliphatic rings. The summed E-state index contributed by atoms with van der Waals surface area (Å²) >= 11 is 0. The molecule has 0 atom stereocenters. The Hall–Kier alpha value is -3.39. The fraction of sp³-hybridized carbons (Fsp3) is 0.292. The first-order valence-corrected chi connectivity index (χ1v) is 9.92. The normalized spacial score (nSPS) is 11.3. The molecule has 4 rings (SSSR count). The molecule has 2 aromatic heterocycles. The first-order chi connectivity index (χ1) is 14.0. The lowest BCUT2D eigenvalue weighted by molar-refractivity contribution is 0.411. The number of rotatable bonds is 5. The summed E-state index contributed by atoms with van der Waals surface area (Å²) in [6.07, 6.45) is 2.78. The molecule has 0 fully saturated rings. The maximum atomic E-state index is 9.13. The van der Waals surface area contributed by atoms with Gasteiger partial charge >= 0.3 is 0 Å². The standard InChI is InChI=1S/C24H24N4O/c1-5-17-10-19-20(11-22(17)29-4)26-13-21-23(19)24(27-28(21)14-15(2)3)18-8-6-16(12-25)7-9-18/h6-11,13,15H,5,14H2,1-4H3. The van der Waals surface area contributed by atoms with Gasteiger partial charge in [-0.25, -0.2) is 0 Å². The zero-order valence-corrected chi connectivity index (χ0v) is 17.2. The van der Waals surface area contributed by atoms with Crippen LogP contribution < -0.4 is 4.74 Å². The summed E-state index contributed by atoms with van der Waals surface area (Å²) in [5, 5.41) is 16.3. The summed E-state index contributed by atoms with van der Waals surface area (Å²) in [5.41, 5.74) is 5.63. The van der Waals surface area contributed by atoms with Gasteiger partial charge in [0.05, 0.1) is 36.0 Å². The SMILES string of the molecule is CCc1cc2c(cc1OC)ncc1c2c(-c2ccc(C#N)cc2)nn1CC(C)C. The van der Waals surface area contributed by atoms with E-state index in [1.807, 2.05) is 36.5 Å². The van der Waals surface area contributed by atoms with Crippen molar-refractivity contribution in [2.45, 2.75) is 33.7 Å². The highest BCUT2D eigenvalue weighted by Crippen LogP contribution is 2.36. The number of aryl methyl sites for hydroxylation is 1. The second-order valence-corrected chi connectivity index (χ2v) is 7.67. The van der Waals surface area contributed by atoms with E-state index in [-0.39, 0.29) is 0 Å². The lowest BCUT2D eigenvalue weighted by Gasteiger charge is -2.10. The summed E-state index contributed by atoms with van der Waals surface area (Å²) in [7, 11) is 1.70. The van der Waals surface area contributed by atoms with Crippen LogP contribution in [0.25, 0.3) is 33.1 Å². The average Bonchev–Trinajstić information content (AvgIpc) is 3.10. The number of benzene rings is 2. The van der Waals surface area contributed by atoms with Gasteiger partial charge in [0.15, 0.2) is 0 Å². The van der Waals surface area contributed by atoms with Gasteiger partial charge in [-0.1, -0.05) is 32.9 Å². The highest BCUT2D eigenvalue weighted by molar-refractivity contribution is 6.11. The fourth-order valence-corrected chi connectivity index (χ4v) is 3.78. The molecule has 0 amide bonds. The molecular formula is C24H24N4O. The number of hydrogen-bond donors (Lipinski definition) is 0. The Bertz CT molecular complexity index is 1230. The summed E-state index contributed by atoms with van der Waals surface area (Å²) < 4.78 is 7.61.